The molecule has 0 saturated heterocycles. The van der Waals surface area contributed by atoms with E-state index in [1.54, 1.807) is 0 Å². The molecule has 0 aliphatic carbocycles. The molecule has 2 aromatic carbocycles. The maximum Gasteiger partial charge on any atom is 0.128 e. The molecule has 0 saturated carbocycles. The van der Waals surface area contributed by atoms with Crippen LogP contribution in [-0.2, 0) is 6.54 Å². The van der Waals surface area contributed by atoms with E-state index in [0.717, 1.165) is 12.2 Å². The molecule has 2 nitrogen and oxygen atoms in total. The first-order valence-electron chi connectivity index (χ1n) is 6.64. The Morgan fingerprint density at radius 1 is 1.00 bits per heavy atom. The van der Waals surface area contributed by atoms with Crippen LogP contribution >= 0.6 is 0 Å². The van der Waals surface area contributed by atoms with Crippen molar-refractivity contribution >= 4 is 27.5 Å². The summed E-state index contributed by atoms with van der Waals surface area (Å²) in [4.78, 5) is 0. The lowest BCUT2D eigenvalue weighted by Gasteiger charge is -2.05. The monoisotopic (exact) mass is 274 g/mol. The van der Waals surface area contributed by atoms with Crippen LogP contribution < -0.4 is 18.1 Å². The van der Waals surface area contributed by atoms with E-state index < -0.39 is 0 Å². The predicted molar refractivity (Wildman–Crippen MR) is 76.9 cm³/mol. The van der Waals surface area contributed by atoms with Gasteiger partial charge in [0, 0.05) is 40.5 Å². The second-order valence-electron chi connectivity index (χ2n) is 4.87. The van der Waals surface area contributed by atoms with Gasteiger partial charge in [-0.05, 0) is 18.6 Å². The second kappa shape index (κ2) is 5.64. The third-order valence-electron chi connectivity index (χ3n) is 3.57. The van der Waals surface area contributed by atoms with Gasteiger partial charge in [0.2, 0.25) is 0 Å². The molecule has 0 radical (unpaired) electrons. The Morgan fingerprint density at radius 2 is 1.74 bits per heavy atom. The van der Waals surface area contributed by atoms with E-state index >= 15 is 0 Å². The molecule has 0 aliphatic rings. The Hall–Kier alpha value is -1.51. The summed E-state index contributed by atoms with van der Waals surface area (Å²) >= 11 is 0. The van der Waals surface area contributed by atoms with Gasteiger partial charge >= 0.3 is 0 Å². The van der Waals surface area contributed by atoms with E-state index in [-0.39, 0.29) is 12.4 Å². The summed E-state index contributed by atoms with van der Waals surface area (Å²) in [6.45, 7) is 3.33. The minimum Gasteiger partial charge on any atom is -1.00 e. The molecule has 3 aromatic rings. The summed E-state index contributed by atoms with van der Waals surface area (Å²) < 4.78 is 2.44. The third kappa shape index (κ3) is 2.34. The van der Waals surface area contributed by atoms with Gasteiger partial charge in [0.05, 0.1) is 0 Å². The number of aromatic nitrogens is 1. The van der Waals surface area contributed by atoms with E-state index in [4.69, 9.17) is 0 Å². The summed E-state index contributed by atoms with van der Waals surface area (Å²) in [5.41, 5.74) is 7.79. The Labute approximate surface area is 119 Å². The van der Waals surface area contributed by atoms with Crippen LogP contribution in [0.4, 0.5) is 5.69 Å². The number of aryl methyl sites for hydroxylation is 1. The van der Waals surface area contributed by atoms with Crippen LogP contribution in [0, 0.1) is 0 Å². The quantitative estimate of drug-likeness (QED) is 0.720. The van der Waals surface area contributed by atoms with Crippen molar-refractivity contribution in [1.82, 2.24) is 4.57 Å². The number of nitrogens with zero attached hydrogens (tertiary/aromatic N) is 1. The highest BCUT2D eigenvalue weighted by molar-refractivity contribution is 6.08. The Kier molecular flexibility index (Phi) is 4.13. The largest absolute Gasteiger partial charge is 1.00 e. The van der Waals surface area contributed by atoms with E-state index in [1.807, 2.05) is 0 Å². The molecule has 0 amide bonds. The molecule has 0 atom stereocenters. The lowest BCUT2D eigenvalue weighted by Crippen LogP contribution is -3.00. The number of rotatable bonds is 3. The molecule has 0 unspecified atom stereocenters. The van der Waals surface area contributed by atoms with E-state index in [9.17, 15) is 0 Å². The van der Waals surface area contributed by atoms with Crippen LogP contribution in [0.3, 0.4) is 0 Å². The first-order chi connectivity index (χ1) is 8.81. The number of hydrogen-bond donors (Lipinski definition) is 1. The molecule has 0 fully saturated rings. The highest BCUT2D eigenvalue weighted by atomic mass is 35.5. The highest BCUT2D eigenvalue weighted by Gasteiger charge is 2.10. The number of quaternary nitrogens is 1. The first kappa shape index (κ1) is 13.9. The SMILES string of the molecule is CCCCn1c2ccccc2c2cc([NH3+])ccc21.[Cl-]. The molecular formula is C16H19ClN2. The first-order valence-corrected chi connectivity index (χ1v) is 6.64. The number of benzene rings is 2. The number of hydrogen-bond acceptors (Lipinski definition) is 0. The van der Waals surface area contributed by atoms with Gasteiger partial charge in [-0.2, -0.15) is 0 Å². The Balaban J connectivity index is 0.00000133. The van der Waals surface area contributed by atoms with Crippen LogP contribution in [0.1, 0.15) is 19.8 Å². The van der Waals surface area contributed by atoms with Gasteiger partial charge in [-0.1, -0.05) is 31.5 Å². The summed E-state index contributed by atoms with van der Waals surface area (Å²) in [6.07, 6.45) is 2.45. The molecule has 0 bridgehead atoms. The van der Waals surface area contributed by atoms with E-state index in [1.165, 1.54) is 34.6 Å². The number of unbranched alkanes of at least 4 members (excludes halogenated alkanes) is 1. The highest BCUT2D eigenvalue weighted by Crippen LogP contribution is 2.30. The molecule has 1 heterocycles. The van der Waals surface area contributed by atoms with Gasteiger partial charge in [0.25, 0.3) is 0 Å². The molecule has 3 N–H and O–H groups in total. The van der Waals surface area contributed by atoms with Crippen molar-refractivity contribution in [2.24, 2.45) is 0 Å². The Bertz CT molecular complexity index is 700. The Morgan fingerprint density at radius 3 is 2.53 bits per heavy atom. The average Bonchev–Trinajstić information content (AvgIpc) is 2.70. The van der Waals surface area contributed by atoms with Crippen molar-refractivity contribution in [3.05, 3.63) is 42.5 Å². The third-order valence-corrected chi connectivity index (χ3v) is 3.57. The molecular weight excluding hydrogens is 256 g/mol. The topological polar surface area (TPSA) is 32.6 Å². The van der Waals surface area contributed by atoms with Crippen molar-refractivity contribution in [3.8, 4) is 0 Å². The molecule has 0 aliphatic heterocycles. The normalized spacial score (nSPS) is 10.8. The van der Waals surface area contributed by atoms with Crippen molar-refractivity contribution in [2.45, 2.75) is 26.3 Å². The fraction of sp³-hybridized carbons (Fsp3) is 0.250. The lowest BCUT2D eigenvalue weighted by atomic mass is 10.1. The van der Waals surface area contributed by atoms with Gasteiger partial charge in [-0.25, -0.2) is 0 Å². The lowest BCUT2D eigenvalue weighted by molar-refractivity contribution is -0.254. The van der Waals surface area contributed by atoms with Gasteiger partial charge in [-0.3, -0.25) is 0 Å². The molecule has 0 spiro atoms. The van der Waals surface area contributed by atoms with Crippen LogP contribution in [-0.4, -0.2) is 4.57 Å². The minimum atomic E-state index is 0. The van der Waals surface area contributed by atoms with Crippen molar-refractivity contribution in [2.75, 3.05) is 0 Å². The number of fused-ring (bicyclic) bond motifs is 3. The predicted octanol–water partition coefficient (Wildman–Crippen LogP) is 0.472. The molecule has 3 heteroatoms. The summed E-state index contributed by atoms with van der Waals surface area (Å²) in [7, 11) is 0. The summed E-state index contributed by atoms with van der Waals surface area (Å²) in [6, 6.07) is 15.2. The number of para-hydroxylation sites is 1. The average molecular weight is 275 g/mol. The summed E-state index contributed by atoms with van der Waals surface area (Å²) in [5, 5.41) is 2.67. The smallest absolute Gasteiger partial charge is 0.128 e. The molecule has 100 valence electrons. The maximum atomic E-state index is 4.04. The van der Waals surface area contributed by atoms with Gasteiger partial charge in [-0.15, -0.1) is 0 Å². The zero-order chi connectivity index (χ0) is 12.5. The summed E-state index contributed by atoms with van der Waals surface area (Å²) in [5.74, 6) is 0. The van der Waals surface area contributed by atoms with E-state index in [2.05, 4.69) is 59.7 Å². The fourth-order valence-electron chi connectivity index (χ4n) is 2.66. The van der Waals surface area contributed by atoms with E-state index in [0.29, 0.717) is 0 Å². The zero-order valence-electron chi connectivity index (χ0n) is 11.2. The fourth-order valence-corrected chi connectivity index (χ4v) is 2.66. The van der Waals surface area contributed by atoms with Crippen LogP contribution in [0.5, 0.6) is 0 Å². The molecule has 3 rings (SSSR count). The van der Waals surface area contributed by atoms with Crippen molar-refractivity contribution in [1.29, 1.82) is 0 Å². The van der Waals surface area contributed by atoms with Crippen molar-refractivity contribution in [3.63, 3.8) is 0 Å². The van der Waals surface area contributed by atoms with Crippen LogP contribution in [0.15, 0.2) is 42.5 Å². The number of halogens is 1. The van der Waals surface area contributed by atoms with Gasteiger partial charge in [0.15, 0.2) is 0 Å². The molecule has 1 aromatic heterocycles. The maximum absolute atomic E-state index is 4.04. The van der Waals surface area contributed by atoms with Crippen LogP contribution in [0.2, 0.25) is 0 Å². The van der Waals surface area contributed by atoms with Gasteiger partial charge in [0.1, 0.15) is 5.69 Å². The van der Waals surface area contributed by atoms with Crippen LogP contribution in [0.25, 0.3) is 21.8 Å². The zero-order valence-corrected chi connectivity index (χ0v) is 12.0. The second-order valence-corrected chi connectivity index (χ2v) is 4.87. The standard InChI is InChI=1S/C16H18N2.ClH/c1-2-3-10-18-15-7-5-4-6-13(15)14-11-12(17)8-9-16(14)18;/h4-9,11H,2-3,10,17H2,1H3;1H. The molecule has 19 heavy (non-hydrogen) atoms. The minimum absolute atomic E-state index is 0. The van der Waals surface area contributed by atoms with Crippen molar-refractivity contribution < 1.29 is 18.1 Å². The van der Waals surface area contributed by atoms with Gasteiger partial charge < -0.3 is 22.7 Å².